The fourth-order valence-corrected chi connectivity index (χ4v) is 4.09. The van der Waals surface area contributed by atoms with Crippen LogP contribution in [0.25, 0.3) is 0 Å². The van der Waals surface area contributed by atoms with Gasteiger partial charge in [-0.05, 0) is 30.2 Å². The average molecular weight is 313 g/mol. The van der Waals surface area contributed by atoms with Crippen LogP contribution >= 0.6 is 34.5 Å². The second-order valence-corrected chi connectivity index (χ2v) is 6.62. The van der Waals surface area contributed by atoms with Gasteiger partial charge in [0.2, 0.25) is 0 Å². The van der Waals surface area contributed by atoms with Gasteiger partial charge in [-0.1, -0.05) is 42.1 Å². The number of nitrogens with zero attached hydrogens (tertiary/aromatic N) is 2. The molecule has 1 aliphatic rings. The Morgan fingerprint density at radius 3 is 2.42 bits per heavy atom. The zero-order valence-corrected chi connectivity index (χ0v) is 12.7. The highest BCUT2D eigenvalue weighted by Crippen LogP contribution is 2.40. The molecule has 2 nitrogen and oxygen atoms in total. The Morgan fingerprint density at radius 1 is 1.16 bits per heavy atom. The Kier molecular flexibility index (Phi) is 4.06. The first-order chi connectivity index (χ1) is 9.24. The van der Waals surface area contributed by atoms with Gasteiger partial charge in [-0.25, -0.2) is 9.97 Å². The molecule has 0 unspecified atom stereocenters. The molecule has 1 saturated carbocycles. The van der Waals surface area contributed by atoms with Gasteiger partial charge in [0.1, 0.15) is 16.1 Å². The molecule has 0 N–H and O–H groups in total. The molecular formula is C14H14Cl2N2S. The van der Waals surface area contributed by atoms with Crippen LogP contribution in [0, 0.1) is 0 Å². The second kappa shape index (κ2) is 5.78. The lowest BCUT2D eigenvalue weighted by atomic mass is 10.0. The maximum Gasteiger partial charge on any atom is 0.137 e. The zero-order valence-electron chi connectivity index (χ0n) is 10.4. The Morgan fingerprint density at radius 2 is 1.84 bits per heavy atom. The smallest absolute Gasteiger partial charge is 0.137 e. The third-order valence-corrected chi connectivity index (χ3v) is 5.03. The van der Waals surface area contributed by atoms with Crippen molar-refractivity contribution < 1.29 is 0 Å². The summed E-state index contributed by atoms with van der Waals surface area (Å²) in [5.41, 5.74) is 0.954. The Hall–Kier alpha value is -0.640. The molecule has 1 aliphatic carbocycles. The van der Waals surface area contributed by atoms with Crippen LogP contribution in [-0.4, -0.2) is 9.97 Å². The third kappa shape index (κ3) is 2.93. The van der Waals surface area contributed by atoms with Crippen molar-refractivity contribution in [3.05, 3.63) is 44.1 Å². The van der Waals surface area contributed by atoms with Crippen LogP contribution in [0.3, 0.4) is 0 Å². The minimum atomic E-state index is 0.441. The number of hydrogen-bond acceptors (Lipinski definition) is 3. The minimum Gasteiger partial charge on any atom is -0.220 e. The van der Waals surface area contributed by atoms with Crippen LogP contribution in [-0.2, 0) is 6.42 Å². The standard InChI is InChI=1S/C14H14Cl2N2S/c15-13-12(9-4-1-2-5-9)14(16)18-11(17-13)8-10-6-3-7-19-10/h3,6-7,9H,1-2,4-5,8H2. The topological polar surface area (TPSA) is 25.8 Å². The highest BCUT2D eigenvalue weighted by molar-refractivity contribution is 7.09. The predicted molar refractivity (Wildman–Crippen MR) is 80.4 cm³/mol. The zero-order chi connectivity index (χ0) is 13.2. The first-order valence-corrected chi connectivity index (χ1v) is 8.12. The van der Waals surface area contributed by atoms with Gasteiger partial charge >= 0.3 is 0 Å². The summed E-state index contributed by atoms with van der Waals surface area (Å²) < 4.78 is 0. The molecule has 0 aliphatic heterocycles. The third-order valence-electron chi connectivity index (χ3n) is 3.57. The Labute approximate surface area is 126 Å². The molecule has 100 valence electrons. The Balaban J connectivity index is 1.88. The van der Waals surface area contributed by atoms with Crippen molar-refractivity contribution in [2.45, 2.75) is 38.0 Å². The van der Waals surface area contributed by atoms with E-state index in [4.69, 9.17) is 23.2 Å². The van der Waals surface area contributed by atoms with Crippen LogP contribution in [0.1, 0.15) is 47.9 Å². The van der Waals surface area contributed by atoms with Gasteiger partial charge in [0.25, 0.3) is 0 Å². The molecule has 2 heterocycles. The van der Waals surface area contributed by atoms with Crippen LogP contribution in [0.5, 0.6) is 0 Å². The van der Waals surface area contributed by atoms with E-state index < -0.39 is 0 Å². The SMILES string of the molecule is Clc1nc(Cc2cccs2)nc(Cl)c1C1CCCC1. The van der Waals surface area contributed by atoms with Crippen LogP contribution in [0.4, 0.5) is 0 Å². The molecule has 0 aromatic carbocycles. The molecule has 0 radical (unpaired) electrons. The molecule has 19 heavy (non-hydrogen) atoms. The molecule has 0 bridgehead atoms. The molecule has 0 spiro atoms. The summed E-state index contributed by atoms with van der Waals surface area (Å²) >= 11 is 14.3. The molecule has 2 aromatic rings. The van der Waals surface area contributed by atoms with E-state index in [0.29, 0.717) is 28.5 Å². The molecule has 0 atom stereocenters. The van der Waals surface area contributed by atoms with Gasteiger partial charge < -0.3 is 0 Å². The molecular weight excluding hydrogens is 299 g/mol. The largest absolute Gasteiger partial charge is 0.220 e. The molecule has 5 heteroatoms. The van der Waals surface area contributed by atoms with Crippen molar-refractivity contribution in [1.29, 1.82) is 0 Å². The van der Waals surface area contributed by atoms with Gasteiger partial charge in [-0.15, -0.1) is 11.3 Å². The average Bonchev–Trinajstić information content (AvgIpc) is 3.01. The minimum absolute atomic E-state index is 0.441. The van der Waals surface area contributed by atoms with Crippen molar-refractivity contribution in [3.63, 3.8) is 0 Å². The van der Waals surface area contributed by atoms with E-state index in [2.05, 4.69) is 16.0 Å². The van der Waals surface area contributed by atoms with Crippen molar-refractivity contribution in [1.82, 2.24) is 9.97 Å². The van der Waals surface area contributed by atoms with Crippen LogP contribution in [0.15, 0.2) is 17.5 Å². The van der Waals surface area contributed by atoms with E-state index >= 15 is 0 Å². The summed E-state index contributed by atoms with van der Waals surface area (Å²) in [7, 11) is 0. The lowest BCUT2D eigenvalue weighted by molar-refractivity contribution is 0.711. The van der Waals surface area contributed by atoms with Gasteiger partial charge in [0.15, 0.2) is 0 Å². The van der Waals surface area contributed by atoms with Crippen molar-refractivity contribution in [2.24, 2.45) is 0 Å². The van der Waals surface area contributed by atoms with Gasteiger partial charge in [0.05, 0.1) is 0 Å². The highest BCUT2D eigenvalue weighted by atomic mass is 35.5. The van der Waals surface area contributed by atoms with Crippen LogP contribution < -0.4 is 0 Å². The van der Waals surface area contributed by atoms with E-state index in [9.17, 15) is 0 Å². The summed E-state index contributed by atoms with van der Waals surface area (Å²) in [5.74, 6) is 1.15. The molecule has 2 aromatic heterocycles. The summed E-state index contributed by atoms with van der Waals surface area (Å²) in [6.07, 6.45) is 5.48. The summed E-state index contributed by atoms with van der Waals surface area (Å²) in [4.78, 5) is 10.1. The van der Waals surface area contributed by atoms with Crippen molar-refractivity contribution in [2.75, 3.05) is 0 Å². The van der Waals surface area contributed by atoms with Crippen molar-refractivity contribution >= 4 is 34.5 Å². The van der Waals surface area contributed by atoms with E-state index in [1.807, 2.05) is 11.4 Å². The molecule has 0 saturated heterocycles. The molecule has 1 fully saturated rings. The first-order valence-electron chi connectivity index (χ1n) is 6.48. The molecule has 0 amide bonds. The van der Waals surface area contributed by atoms with Gasteiger partial charge in [0, 0.05) is 16.9 Å². The summed E-state index contributed by atoms with van der Waals surface area (Å²) in [6, 6.07) is 4.09. The van der Waals surface area contributed by atoms with Crippen LogP contribution in [0.2, 0.25) is 10.3 Å². The molecule has 3 rings (SSSR count). The quantitative estimate of drug-likeness (QED) is 0.737. The van der Waals surface area contributed by atoms with E-state index in [1.54, 1.807) is 11.3 Å². The number of aromatic nitrogens is 2. The van der Waals surface area contributed by atoms with E-state index in [1.165, 1.54) is 17.7 Å². The Bertz CT molecular complexity index is 540. The first kappa shape index (κ1) is 13.3. The van der Waals surface area contributed by atoms with E-state index in [-0.39, 0.29) is 0 Å². The maximum atomic E-state index is 6.32. The highest BCUT2D eigenvalue weighted by Gasteiger charge is 2.24. The van der Waals surface area contributed by atoms with Crippen molar-refractivity contribution in [3.8, 4) is 0 Å². The maximum absolute atomic E-state index is 6.32. The lowest BCUT2D eigenvalue weighted by Gasteiger charge is -2.13. The number of hydrogen-bond donors (Lipinski definition) is 0. The monoisotopic (exact) mass is 312 g/mol. The lowest BCUT2D eigenvalue weighted by Crippen LogP contribution is -2.04. The fourth-order valence-electron chi connectivity index (χ4n) is 2.66. The fraction of sp³-hybridized carbons (Fsp3) is 0.429. The van der Waals surface area contributed by atoms with Gasteiger partial charge in [-0.2, -0.15) is 0 Å². The second-order valence-electron chi connectivity index (χ2n) is 4.87. The van der Waals surface area contributed by atoms with E-state index in [0.717, 1.165) is 18.4 Å². The number of halogens is 2. The number of rotatable bonds is 3. The number of thiophene rings is 1. The van der Waals surface area contributed by atoms with Gasteiger partial charge in [-0.3, -0.25) is 0 Å². The predicted octanol–water partition coefficient (Wildman–Crippen LogP) is 5.09. The summed E-state index contributed by atoms with van der Waals surface area (Å²) in [5, 5.41) is 3.13. The summed E-state index contributed by atoms with van der Waals surface area (Å²) in [6.45, 7) is 0. The normalized spacial score (nSPS) is 16.1.